The molecular weight excluding hydrogens is 236 g/mol. The lowest BCUT2D eigenvalue weighted by molar-refractivity contribution is 0.322. The molecule has 19 heavy (non-hydrogen) atoms. The van der Waals surface area contributed by atoms with E-state index in [-0.39, 0.29) is 0 Å². The highest BCUT2D eigenvalue weighted by atomic mass is 16.5. The van der Waals surface area contributed by atoms with Crippen molar-refractivity contribution in [3.8, 4) is 5.75 Å². The van der Waals surface area contributed by atoms with Gasteiger partial charge in [0.2, 0.25) is 0 Å². The quantitative estimate of drug-likeness (QED) is 0.885. The van der Waals surface area contributed by atoms with E-state index in [9.17, 15) is 0 Å². The standard InChI is InChI=1S/C16H24N2O/c1-2-7-14(17-10-5-1)13-18-11-6-12-19-16-9-4-3-8-15(16)18/h3-4,8-9,14,17H,1-2,5-7,10-13H2. The van der Waals surface area contributed by atoms with Crippen LogP contribution in [-0.2, 0) is 0 Å². The van der Waals surface area contributed by atoms with Gasteiger partial charge in [-0.05, 0) is 37.9 Å². The molecule has 3 nitrogen and oxygen atoms in total. The average Bonchev–Trinajstić information content (AvgIpc) is 2.81. The number of para-hydroxylation sites is 2. The summed E-state index contributed by atoms with van der Waals surface area (Å²) in [6.07, 6.45) is 6.49. The van der Waals surface area contributed by atoms with Crippen LogP contribution in [0.5, 0.6) is 5.75 Å². The van der Waals surface area contributed by atoms with Gasteiger partial charge in [-0.15, -0.1) is 0 Å². The van der Waals surface area contributed by atoms with Crippen LogP contribution in [0.25, 0.3) is 0 Å². The van der Waals surface area contributed by atoms with Crippen molar-refractivity contribution in [2.24, 2.45) is 0 Å². The highest BCUT2D eigenvalue weighted by molar-refractivity contribution is 5.59. The van der Waals surface area contributed by atoms with E-state index in [1.54, 1.807) is 0 Å². The van der Waals surface area contributed by atoms with E-state index in [2.05, 4.69) is 34.5 Å². The highest BCUT2D eigenvalue weighted by Crippen LogP contribution is 2.30. The van der Waals surface area contributed by atoms with E-state index in [1.165, 1.54) is 37.9 Å². The molecule has 0 amide bonds. The molecule has 0 spiro atoms. The third-order valence-corrected chi connectivity index (χ3v) is 4.14. The summed E-state index contributed by atoms with van der Waals surface area (Å²) in [5.41, 5.74) is 1.27. The van der Waals surface area contributed by atoms with E-state index in [1.807, 2.05) is 0 Å². The normalized spacial score (nSPS) is 24.0. The minimum atomic E-state index is 0.633. The van der Waals surface area contributed by atoms with E-state index in [0.717, 1.165) is 31.9 Å². The largest absolute Gasteiger partial charge is 0.491 e. The van der Waals surface area contributed by atoms with Crippen LogP contribution in [-0.4, -0.2) is 32.3 Å². The minimum absolute atomic E-state index is 0.633. The van der Waals surface area contributed by atoms with Gasteiger partial charge in [0.15, 0.2) is 0 Å². The fourth-order valence-corrected chi connectivity index (χ4v) is 3.11. The molecule has 1 unspecified atom stereocenters. The molecule has 104 valence electrons. The van der Waals surface area contributed by atoms with Gasteiger partial charge in [0.05, 0.1) is 12.3 Å². The van der Waals surface area contributed by atoms with Crippen molar-refractivity contribution in [3.05, 3.63) is 24.3 Å². The first-order valence-corrected chi connectivity index (χ1v) is 7.63. The molecule has 3 rings (SSSR count). The second-order valence-electron chi connectivity index (χ2n) is 5.62. The summed E-state index contributed by atoms with van der Waals surface area (Å²) in [5, 5.41) is 3.70. The Morgan fingerprint density at radius 2 is 2.11 bits per heavy atom. The van der Waals surface area contributed by atoms with Crippen LogP contribution < -0.4 is 15.0 Å². The first-order valence-electron chi connectivity index (χ1n) is 7.63. The lowest BCUT2D eigenvalue weighted by Gasteiger charge is -2.28. The van der Waals surface area contributed by atoms with Gasteiger partial charge in [-0.25, -0.2) is 0 Å². The van der Waals surface area contributed by atoms with E-state index >= 15 is 0 Å². The molecule has 1 fully saturated rings. The summed E-state index contributed by atoms with van der Waals surface area (Å²) >= 11 is 0. The van der Waals surface area contributed by atoms with Crippen molar-refractivity contribution in [3.63, 3.8) is 0 Å². The van der Waals surface area contributed by atoms with Crippen molar-refractivity contribution >= 4 is 5.69 Å². The maximum Gasteiger partial charge on any atom is 0.142 e. The Morgan fingerprint density at radius 1 is 1.16 bits per heavy atom. The van der Waals surface area contributed by atoms with Crippen molar-refractivity contribution in [1.29, 1.82) is 0 Å². The van der Waals surface area contributed by atoms with Crippen LogP contribution in [0.3, 0.4) is 0 Å². The zero-order valence-corrected chi connectivity index (χ0v) is 11.6. The fraction of sp³-hybridized carbons (Fsp3) is 0.625. The number of rotatable bonds is 2. The minimum Gasteiger partial charge on any atom is -0.491 e. The second-order valence-corrected chi connectivity index (χ2v) is 5.62. The van der Waals surface area contributed by atoms with Crippen molar-refractivity contribution < 1.29 is 4.74 Å². The summed E-state index contributed by atoms with van der Waals surface area (Å²) in [4.78, 5) is 2.51. The first kappa shape index (κ1) is 12.8. The van der Waals surface area contributed by atoms with Crippen LogP contribution in [0, 0.1) is 0 Å². The predicted octanol–water partition coefficient (Wildman–Crippen LogP) is 2.81. The van der Waals surface area contributed by atoms with Gasteiger partial charge in [0.1, 0.15) is 5.75 Å². The Balaban J connectivity index is 1.72. The topological polar surface area (TPSA) is 24.5 Å². The van der Waals surface area contributed by atoms with Crippen LogP contribution in [0.15, 0.2) is 24.3 Å². The SMILES string of the molecule is c1ccc2c(c1)OCCCN2CC1CCCCCN1. The van der Waals surface area contributed by atoms with Crippen molar-refractivity contribution in [2.45, 2.75) is 38.1 Å². The lowest BCUT2D eigenvalue weighted by atomic mass is 10.1. The Kier molecular flexibility index (Phi) is 4.23. The lowest BCUT2D eigenvalue weighted by Crippen LogP contribution is -2.41. The van der Waals surface area contributed by atoms with Gasteiger partial charge in [0.25, 0.3) is 0 Å². The number of nitrogens with one attached hydrogen (secondary N) is 1. The van der Waals surface area contributed by atoms with Gasteiger partial charge in [-0.2, -0.15) is 0 Å². The van der Waals surface area contributed by atoms with E-state index in [4.69, 9.17) is 4.74 Å². The van der Waals surface area contributed by atoms with E-state index < -0.39 is 0 Å². The average molecular weight is 260 g/mol. The molecule has 1 saturated heterocycles. The smallest absolute Gasteiger partial charge is 0.142 e. The molecule has 2 aliphatic rings. The second kappa shape index (κ2) is 6.29. The molecule has 0 aliphatic carbocycles. The molecule has 3 heteroatoms. The molecule has 0 aromatic heterocycles. The Bertz CT molecular complexity index is 399. The molecule has 1 aromatic rings. The molecule has 1 N–H and O–H groups in total. The maximum absolute atomic E-state index is 5.83. The van der Waals surface area contributed by atoms with Gasteiger partial charge >= 0.3 is 0 Å². The monoisotopic (exact) mass is 260 g/mol. The predicted molar refractivity (Wildman–Crippen MR) is 79.0 cm³/mol. The van der Waals surface area contributed by atoms with Crippen LogP contribution in [0.2, 0.25) is 0 Å². The van der Waals surface area contributed by atoms with Crippen LogP contribution >= 0.6 is 0 Å². The molecule has 0 bridgehead atoms. The van der Waals surface area contributed by atoms with Crippen molar-refractivity contribution in [1.82, 2.24) is 5.32 Å². The number of fused-ring (bicyclic) bond motifs is 1. The van der Waals surface area contributed by atoms with Gasteiger partial charge in [-0.3, -0.25) is 0 Å². The first-order chi connectivity index (χ1) is 9.43. The number of hydrogen-bond acceptors (Lipinski definition) is 3. The Morgan fingerprint density at radius 3 is 3.11 bits per heavy atom. The van der Waals surface area contributed by atoms with Gasteiger partial charge in [0, 0.05) is 19.1 Å². The number of ether oxygens (including phenoxy) is 1. The molecule has 0 saturated carbocycles. The summed E-state index contributed by atoms with van der Waals surface area (Å²) < 4.78 is 5.83. The summed E-state index contributed by atoms with van der Waals surface area (Å²) in [6, 6.07) is 9.09. The molecule has 1 aromatic carbocycles. The number of nitrogens with zero attached hydrogens (tertiary/aromatic N) is 1. The molecular formula is C16H24N2O. The maximum atomic E-state index is 5.83. The fourth-order valence-electron chi connectivity index (χ4n) is 3.11. The molecule has 1 atom stereocenters. The third kappa shape index (κ3) is 3.21. The molecule has 2 heterocycles. The van der Waals surface area contributed by atoms with Gasteiger partial charge < -0.3 is 15.0 Å². The van der Waals surface area contributed by atoms with Crippen molar-refractivity contribution in [2.75, 3.05) is 31.1 Å². The Hall–Kier alpha value is -1.22. The number of hydrogen-bond donors (Lipinski definition) is 1. The Labute approximate surface area is 115 Å². The zero-order valence-electron chi connectivity index (χ0n) is 11.6. The zero-order chi connectivity index (χ0) is 12.9. The highest BCUT2D eigenvalue weighted by Gasteiger charge is 2.20. The van der Waals surface area contributed by atoms with Gasteiger partial charge in [-0.1, -0.05) is 25.0 Å². The van der Waals surface area contributed by atoms with Crippen LogP contribution in [0.1, 0.15) is 32.1 Å². The summed E-state index contributed by atoms with van der Waals surface area (Å²) in [6.45, 7) is 4.23. The summed E-state index contributed by atoms with van der Waals surface area (Å²) in [5.74, 6) is 1.05. The van der Waals surface area contributed by atoms with E-state index in [0.29, 0.717) is 6.04 Å². The third-order valence-electron chi connectivity index (χ3n) is 4.14. The molecule has 2 aliphatic heterocycles. The number of anilines is 1. The summed E-state index contributed by atoms with van der Waals surface area (Å²) in [7, 11) is 0. The van der Waals surface area contributed by atoms with Crippen LogP contribution in [0.4, 0.5) is 5.69 Å². The molecule has 0 radical (unpaired) electrons. The number of benzene rings is 1.